The molecule has 0 atom stereocenters. The number of amides is 1. The van der Waals surface area contributed by atoms with Crippen molar-refractivity contribution in [2.45, 2.75) is 11.7 Å². The molecule has 0 aliphatic heterocycles. The van der Waals surface area contributed by atoms with Crippen molar-refractivity contribution in [3.8, 4) is 0 Å². The Morgan fingerprint density at radius 1 is 0.968 bits per heavy atom. The number of carbonyl (C=O) groups is 1. The first kappa shape index (κ1) is 20.6. The molecular formula is C25H22N4OS. The summed E-state index contributed by atoms with van der Waals surface area (Å²) < 4.78 is 2.15. The zero-order valence-corrected chi connectivity index (χ0v) is 17.7. The maximum Gasteiger partial charge on any atom is 0.250 e. The van der Waals surface area contributed by atoms with E-state index < -0.39 is 0 Å². The Morgan fingerprint density at radius 2 is 1.68 bits per heavy atom. The minimum absolute atomic E-state index is 0.173. The second kappa shape index (κ2) is 10.4. The number of benzene rings is 3. The first-order chi connectivity index (χ1) is 15.3. The van der Waals surface area contributed by atoms with Crippen LogP contribution in [0.2, 0.25) is 0 Å². The topological polar surface area (TPSA) is 59.3 Å². The van der Waals surface area contributed by atoms with Crippen molar-refractivity contribution < 1.29 is 4.79 Å². The number of para-hydroxylation sites is 2. The van der Waals surface area contributed by atoms with E-state index in [1.165, 1.54) is 17.3 Å². The van der Waals surface area contributed by atoms with Crippen molar-refractivity contribution >= 4 is 41.0 Å². The molecule has 0 bridgehead atoms. The van der Waals surface area contributed by atoms with Crippen LogP contribution in [0.4, 0.5) is 0 Å². The minimum Gasteiger partial charge on any atom is -0.314 e. The first-order valence-corrected chi connectivity index (χ1v) is 10.9. The van der Waals surface area contributed by atoms with Gasteiger partial charge in [0.2, 0.25) is 0 Å². The van der Waals surface area contributed by atoms with E-state index in [1.807, 2.05) is 72.8 Å². The molecule has 1 N–H and O–H groups in total. The van der Waals surface area contributed by atoms with E-state index in [0.29, 0.717) is 6.54 Å². The van der Waals surface area contributed by atoms with E-state index in [0.717, 1.165) is 21.8 Å². The van der Waals surface area contributed by atoms with E-state index in [2.05, 4.69) is 33.3 Å². The van der Waals surface area contributed by atoms with Gasteiger partial charge in [-0.1, -0.05) is 90.6 Å². The molecule has 6 heteroatoms. The number of aromatic nitrogens is 2. The van der Waals surface area contributed by atoms with Crippen molar-refractivity contribution in [1.82, 2.24) is 15.0 Å². The fourth-order valence-corrected chi connectivity index (χ4v) is 3.92. The summed E-state index contributed by atoms with van der Waals surface area (Å²) in [6.07, 6.45) is 5.29. The molecule has 0 radical (unpaired) electrons. The molecule has 4 rings (SSSR count). The molecule has 1 aromatic heterocycles. The highest BCUT2D eigenvalue weighted by atomic mass is 32.2. The van der Waals surface area contributed by atoms with Crippen LogP contribution < -0.4 is 5.43 Å². The average Bonchev–Trinajstić information content (AvgIpc) is 3.16. The molecule has 0 spiro atoms. The lowest BCUT2D eigenvalue weighted by Gasteiger charge is -2.09. The molecule has 4 aromatic rings. The van der Waals surface area contributed by atoms with Crippen LogP contribution in [-0.2, 0) is 11.3 Å². The lowest BCUT2D eigenvalue weighted by atomic mass is 10.2. The van der Waals surface area contributed by atoms with Crippen molar-refractivity contribution in [3.05, 3.63) is 102 Å². The summed E-state index contributed by atoms with van der Waals surface area (Å²) in [7, 11) is 0. The Bertz CT molecular complexity index is 1200. The van der Waals surface area contributed by atoms with Gasteiger partial charge in [-0.3, -0.25) is 4.79 Å². The second-order valence-electron chi connectivity index (χ2n) is 6.83. The normalized spacial score (nSPS) is 11.5. The van der Waals surface area contributed by atoms with Gasteiger partial charge in [0.25, 0.3) is 5.91 Å². The highest BCUT2D eigenvalue weighted by molar-refractivity contribution is 7.99. The Balaban J connectivity index is 1.38. The van der Waals surface area contributed by atoms with Gasteiger partial charge in [0.15, 0.2) is 5.16 Å². The zero-order chi connectivity index (χ0) is 21.3. The van der Waals surface area contributed by atoms with Crippen molar-refractivity contribution in [2.24, 2.45) is 5.10 Å². The summed E-state index contributed by atoms with van der Waals surface area (Å²) in [5, 5.41) is 4.79. The third-order valence-electron chi connectivity index (χ3n) is 4.57. The molecule has 3 aromatic carbocycles. The molecule has 31 heavy (non-hydrogen) atoms. The van der Waals surface area contributed by atoms with Crippen molar-refractivity contribution in [1.29, 1.82) is 0 Å². The van der Waals surface area contributed by atoms with Gasteiger partial charge in [-0.15, -0.1) is 0 Å². The van der Waals surface area contributed by atoms with Crippen LogP contribution in [0.1, 0.15) is 11.1 Å². The number of hydrogen-bond donors (Lipinski definition) is 1. The highest BCUT2D eigenvalue weighted by Crippen LogP contribution is 2.25. The van der Waals surface area contributed by atoms with E-state index >= 15 is 0 Å². The summed E-state index contributed by atoms with van der Waals surface area (Å²) >= 11 is 1.41. The largest absolute Gasteiger partial charge is 0.314 e. The lowest BCUT2D eigenvalue weighted by molar-refractivity contribution is -0.118. The summed E-state index contributed by atoms with van der Waals surface area (Å²) in [4.78, 5) is 16.9. The number of allylic oxidation sites excluding steroid dienone is 1. The summed E-state index contributed by atoms with van der Waals surface area (Å²) in [5.41, 5.74) is 6.80. The molecule has 5 nitrogen and oxygen atoms in total. The van der Waals surface area contributed by atoms with Crippen LogP contribution in [0.25, 0.3) is 17.1 Å². The maximum absolute atomic E-state index is 12.2. The molecule has 0 unspecified atom stereocenters. The van der Waals surface area contributed by atoms with E-state index in [4.69, 9.17) is 4.98 Å². The molecular weight excluding hydrogens is 404 g/mol. The van der Waals surface area contributed by atoms with Crippen LogP contribution in [-0.4, -0.2) is 27.4 Å². The fraction of sp³-hybridized carbons (Fsp3) is 0.0800. The molecule has 0 fully saturated rings. The Kier molecular flexibility index (Phi) is 6.92. The van der Waals surface area contributed by atoms with Gasteiger partial charge in [-0.2, -0.15) is 5.10 Å². The van der Waals surface area contributed by atoms with Crippen LogP contribution in [0.3, 0.4) is 0 Å². The fourth-order valence-electron chi connectivity index (χ4n) is 3.12. The molecule has 0 aliphatic carbocycles. The number of carbonyl (C=O) groups excluding carboxylic acids is 1. The summed E-state index contributed by atoms with van der Waals surface area (Å²) in [5.74, 6) is 0.0605. The SMILES string of the molecule is O=C(CSc1nc2ccccc2n1Cc1ccccc1)N/N=C/C=C/c1ccccc1. The Morgan fingerprint density at radius 3 is 2.48 bits per heavy atom. The van der Waals surface area contributed by atoms with Gasteiger partial charge in [0.05, 0.1) is 23.3 Å². The monoisotopic (exact) mass is 426 g/mol. The average molecular weight is 427 g/mol. The quantitative estimate of drug-likeness (QED) is 0.245. The van der Waals surface area contributed by atoms with Crippen LogP contribution >= 0.6 is 11.8 Å². The van der Waals surface area contributed by atoms with Crippen LogP contribution in [0.5, 0.6) is 0 Å². The number of fused-ring (bicyclic) bond motifs is 1. The predicted octanol–water partition coefficient (Wildman–Crippen LogP) is 4.99. The van der Waals surface area contributed by atoms with E-state index in [9.17, 15) is 4.79 Å². The third kappa shape index (κ3) is 5.71. The first-order valence-electron chi connectivity index (χ1n) is 9.95. The molecule has 0 saturated carbocycles. The van der Waals surface area contributed by atoms with Crippen LogP contribution in [0.15, 0.2) is 101 Å². The predicted molar refractivity (Wildman–Crippen MR) is 128 cm³/mol. The molecule has 0 aliphatic rings. The number of rotatable bonds is 8. The van der Waals surface area contributed by atoms with E-state index in [-0.39, 0.29) is 11.7 Å². The smallest absolute Gasteiger partial charge is 0.250 e. The lowest BCUT2D eigenvalue weighted by Crippen LogP contribution is -2.19. The van der Waals surface area contributed by atoms with Gasteiger partial charge in [0.1, 0.15) is 0 Å². The molecule has 154 valence electrons. The van der Waals surface area contributed by atoms with Crippen molar-refractivity contribution in [3.63, 3.8) is 0 Å². The van der Waals surface area contributed by atoms with Crippen molar-refractivity contribution in [2.75, 3.05) is 5.75 Å². The van der Waals surface area contributed by atoms with Gasteiger partial charge < -0.3 is 4.57 Å². The van der Waals surface area contributed by atoms with E-state index in [1.54, 1.807) is 12.3 Å². The number of thioether (sulfide) groups is 1. The number of hydrazone groups is 1. The van der Waals surface area contributed by atoms with Crippen LogP contribution in [0, 0.1) is 0 Å². The van der Waals surface area contributed by atoms with Gasteiger partial charge in [-0.05, 0) is 29.3 Å². The van der Waals surface area contributed by atoms with Gasteiger partial charge in [0, 0.05) is 6.21 Å². The summed E-state index contributed by atoms with van der Waals surface area (Å²) in [6, 6.07) is 28.2. The highest BCUT2D eigenvalue weighted by Gasteiger charge is 2.13. The molecule has 1 amide bonds. The third-order valence-corrected chi connectivity index (χ3v) is 5.55. The molecule has 1 heterocycles. The zero-order valence-electron chi connectivity index (χ0n) is 16.9. The standard InChI is InChI=1S/C25H22N4OS/c30-24(28-26-17-9-14-20-10-3-1-4-11-20)19-31-25-27-22-15-7-8-16-23(22)29(25)18-21-12-5-2-6-13-21/h1-17H,18-19H2,(H,28,30)/b14-9+,26-17+. The van der Waals surface area contributed by atoms with Gasteiger partial charge in [-0.25, -0.2) is 10.4 Å². The molecule has 0 saturated heterocycles. The Hall–Kier alpha value is -3.64. The van der Waals surface area contributed by atoms with Gasteiger partial charge >= 0.3 is 0 Å². The maximum atomic E-state index is 12.2. The number of nitrogens with one attached hydrogen (secondary N) is 1. The number of nitrogens with zero attached hydrogens (tertiary/aromatic N) is 3. The summed E-state index contributed by atoms with van der Waals surface area (Å²) in [6.45, 7) is 0.702. The number of imidazole rings is 1. The number of hydrogen-bond acceptors (Lipinski definition) is 4. The Labute approximate surface area is 185 Å². The minimum atomic E-state index is -0.173. The second-order valence-corrected chi connectivity index (χ2v) is 7.77.